The van der Waals surface area contributed by atoms with E-state index in [1.54, 1.807) is 0 Å². The third-order valence-corrected chi connectivity index (χ3v) is 3.44. The van der Waals surface area contributed by atoms with Gasteiger partial charge in [0, 0.05) is 6.20 Å². The van der Waals surface area contributed by atoms with E-state index in [1.807, 2.05) is 0 Å². The van der Waals surface area contributed by atoms with Crippen LogP contribution in [0, 0.1) is 0 Å². The summed E-state index contributed by atoms with van der Waals surface area (Å²) in [6.07, 6.45) is -1.36. The summed E-state index contributed by atoms with van der Waals surface area (Å²) in [5.74, 6) is -1.09. The molecule has 2 rings (SSSR count). The Bertz CT molecular complexity index is 465. The number of hydrogen-bond donors (Lipinski definition) is 1. The molecular weight excluding hydrogens is 247 g/mol. The molecule has 1 saturated carbocycles. The van der Waals surface area contributed by atoms with Crippen molar-refractivity contribution in [3.05, 3.63) is 29.6 Å². The summed E-state index contributed by atoms with van der Waals surface area (Å²) in [5.41, 5.74) is -2.08. The quantitative estimate of drug-likeness (QED) is 0.888. The van der Waals surface area contributed by atoms with Crippen molar-refractivity contribution < 1.29 is 23.1 Å². The lowest BCUT2D eigenvalue weighted by Crippen LogP contribution is -2.33. The molecule has 0 amide bonds. The van der Waals surface area contributed by atoms with Gasteiger partial charge in [-0.25, -0.2) is 0 Å². The van der Waals surface area contributed by atoms with Gasteiger partial charge in [0.1, 0.15) is 5.41 Å². The Labute approximate surface area is 102 Å². The molecule has 0 aromatic carbocycles. The Balaban J connectivity index is 2.47. The van der Waals surface area contributed by atoms with Crippen LogP contribution in [0.5, 0.6) is 0 Å². The molecule has 3 nitrogen and oxygen atoms in total. The third kappa shape index (κ3) is 2.07. The molecule has 0 spiro atoms. The van der Waals surface area contributed by atoms with Gasteiger partial charge in [-0.2, -0.15) is 13.2 Å². The summed E-state index contributed by atoms with van der Waals surface area (Å²) >= 11 is 0. The third-order valence-electron chi connectivity index (χ3n) is 3.44. The Morgan fingerprint density at radius 1 is 1.33 bits per heavy atom. The minimum Gasteiger partial charge on any atom is -0.481 e. The molecule has 18 heavy (non-hydrogen) atoms. The molecule has 98 valence electrons. The predicted octanol–water partition coefficient (Wildman–Crippen LogP) is 3.00. The van der Waals surface area contributed by atoms with E-state index in [4.69, 9.17) is 0 Å². The maximum atomic E-state index is 12.6. The van der Waals surface area contributed by atoms with E-state index in [-0.39, 0.29) is 5.69 Å². The lowest BCUT2D eigenvalue weighted by atomic mass is 9.82. The predicted molar refractivity (Wildman–Crippen MR) is 57.0 cm³/mol. The van der Waals surface area contributed by atoms with Gasteiger partial charge in [-0.3, -0.25) is 9.78 Å². The van der Waals surface area contributed by atoms with Crippen LogP contribution in [0.25, 0.3) is 0 Å². The Hall–Kier alpha value is -1.59. The molecular formula is C12H12F3NO2. The van der Waals surface area contributed by atoms with Gasteiger partial charge in [0.25, 0.3) is 0 Å². The van der Waals surface area contributed by atoms with Crippen LogP contribution in [-0.2, 0) is 16.4 Å². The van der Waals surface area contributed by atoms with Crippen molar-refractivity contribution in [1.29, 1.82) is 0 Å². The number of rotatable bonds is 2. The molecule has 0 bridgehead atoms. The van der Waals surface area contributed by atoms with Crippen LogP contribution in [0.4, 0.5) is 13.2 Å². The topological polar surface area (TPSA) is 50.2 Å². The molecule has 0 radical (unpaired) electrons. The summed E-state index contributed by atoms with van der Waals surface area (Å²) in [5, 5.41) is 9.29. The monoisotopic (exact) mass is 259 g/mol. The van der Waals surface area contributed by atoms with Gasteiger partial charge in [0.2, 0.25) is 0 Å². The fourth-order valence-corrected chi connectivity index (χ4v) is 2.43. The summed E-state index contributed by atoms with van der Waals surface area (Å²) in [6.45, 7) is 0. The lowest BCUT2D eigenvalue weighted by Gasteiger charge is -2.23. The number of halogens is 3. The molecule has 0 atom stereocenters. The normalized spacial score (nSPS) is 18.8. The van der Waals surface area contributed by atoms with Crippen LogP contribution in [0.3, 0.4) is 0 Å². The zero-order valence-electron chi connectivity index (χ0n) is 9.50. The molecule has 1 heterocycles. The molecule has 1 fully saturated rings. The van der Waals surface area contributed by atoms with E-state index in [1.165, 1.54) is 0 Å². The van der Waals surface area contributed by atoms with Crippen molar-refractivity contribution in [2.75, 3.05) is 0 Å². The second kappa shape index (κ2) is 4.26. The molecule has 1 aliphatic rings. The minimum absolute atomic E-state index is 0.0160. The van der Waals surface area contributed by atoms with Crippen molar-refractivity contribution in [2.45, 2.75) is 37.3 Å². The second-order valence-electron chi connectivity index (χ2n) is 4.52. The average Bonchev–Trinajstić information content (AvgIpc) is 2.78. The van der Waals surface area contributed by atoms with Crippen molar-refractivity contribution in [2.24, 2.45) is 0 Å². The number of nitrogens with zero attached hydrogens (tertiary/aromatic N) is 1. The van der Waals surface area contributed by atoms with Crippen LogP contribution in [0.15, 0.2) is 18.3 Å². The minimum atomic E-state index is -4.48. The Morgan fingerprint density at radius 2 is 1.94 bits per heavy atom. The van der Waals surface area contributed by atoms with Gasteiger partial charge in [-0.05, 0) is 25.0 Å². The van der Waals surface area contributed by atoms with E-state index >= 15 is 0 Å². The van der Waals surface area contributed by atoms with Crippen LogP contribution in [0.1, 0.15) is 36.9 Å². The first-order chi connectivity index (χ1) is 8.36. The highest BCUT2D eigenvalue weighted by Gasteiger charge is 2.45. The highest BCUT2D eigenvalue weighted by Crippen LogP contribution is 2.41. The fraction of sp³-hybridized carbons (Fsp3) is 0.500. The summed E-state index contributed by atoms with van der Waals surface area (Å²) in [4.78, 5) is 15.2. The molecule has 0 aliphatic heterocycles. The highest BCUT2D eigenvalue weighted by atomic mass is 19.4. The largest absolute Gasteiger partial charge is 0.481 e. The van der Waals surface area contributed by atoms with Crippen molar-refractivity contribution in [3.8, 4) is 0 Å². The van der Waals surface area contributed by atoms with Gasteiger partial charge in [0.05, 0.1) is 11.3 Å². The van der Waals surface area contributed by atoms with E-state index in [2.05, 4.69) is 4.98 Å². The summed E-state index contributed by atoms with van der Waals surface area (Å²) in [6, 6.07) is 1.72. The second-order valence-corrected chi connectivity index (χ2v) is 4.52. The number of aliphatic carboxylic acids is 1. The molecule has 6 heteroatoms. The van der Waals surface area contributed by atoms with Crippen LogP contribution >= 0.6 is 0 Å². The number of pyridine rings is 1. The highest BCUT2D eigenvalue weighted by molar-refractivity contribution is 5.81. The summed E-state index contributed by atoms with van der Waals surface area (Å²) < 4.78 is 37.8. The molecule has 1 aliphatic carbocycles. The van der Waals surface area contributed by atoms with E-state index < -0.39 is 23.1 Å². The molecule has 1 N–H and O–H groups in total. The zero-order valence-corrected chi connectivity index (χ0v) is 9.50. The Morgan fingerprint density at radius 3 is 2.44 bits per heavy atom. The molecule has 0 saturated heterocycles. The standard InChI is InChI=1S/C12H12F3NO2/c13-12(14,15)8-3-6-16-9(7-8)11(10(17)18)4-1-2-5-11/h3,6-7H,1-2,4-5H2,(H,17,18). The maximum Gasteiger partial charge on any atom is 0.416 e. The number of alkyl halides is 3. The maximum absolute atomic E-state index is 12.6. The van der Waals surface area contributed by atoms with Crippen LogP contribution in [-0.4, -0.2) is 16.1 Å². The molecule has 1 aromatic rings. The van der Waals surface area contributed by atoms with E-state index in [9.17, 15) is 23.1 Å². The Kier molecular flexibility index (Phi) is 3.04. The van der Waals surface area contributed by atoms with Gasteiger partial charge >= 0.3 is 12.1 Å². The first-order valence-electron chi connectivity index (χ1n) is 5.63. The smallest absolute Gasteiger partial charge is 0.416 e. The van der Waals surface area contributed by atoms with E-state index in [0.29, 0.717) is 25.7 Å². The van der Waals surface area contributed by atoms with Gasteiger partial charge < -0.3 is 5.11 Å². The first kappa shape index (κ1) is 12.9. The van der Waals surface area contributed by atoms with Gasteiger partial charge in [-0.1, -0.05) is 12.8 Å². The first-order valence-corrected chi connectivity index (χ1v) is 5.63. The fourth-order valence-electron chi connectivity index (χ4n) is 2.43. The van der Waals surface area contributed by atoms with Crippen LogP contribution in [0.2, 0.25) is 0 Å². The van der Waals surface area contributed by atoms with E-state index in [0.717, 1.165) is 18.3 Å². The number of hydrogen-bond acceptors (Lipinski definition) is 2. The number of aromatic nitrogens is 1. The number of carboxylic acids is 1. The van der Waals surface area contributed by atoms with Crippen molar-refractivity contribution >= 4 is 5.97 Å². The molecule has 1 aromatic heterocycles. The van der Waals surface area contributed by atoms with Crippen molar-refractivity contribution in [3.63, 3.8) is 0 Å². The number of carboxylic acid groups (broad SMARTS) is 1. The van der Waals surface area contributed by atoms with Crippen LogP contribution < -0.4 is 0 Å². The average molecular weight is 259 g/mol. The molecule has 0 unspecified atom stereocenters. The zero-order chi connectivity index (χ0) is 13.4. The lowest BCUT2D eigenvalue weighted by molar-refractivity contribution is -0.144. The van der Waals surface area contributed by atoms with Gasteiger partial charge in [0.15, 0.2) is 0 Å². The number of carbonyl (C=O) groups is 1. The summed E-state index contributed by atoms with van der Waals surface area (Å²) in [7, 11) is 0. The SMILES string of the molecule is O=C(O)C1(c2cc(C(F)(F)F)ccn2)CCCC1. The van der Waals surface area contributed by atoms with Crippen molar-refractivity contribution in [1.82, 2.24) is 4.98 Å². The van der Waals surface area contributed by atoms with Gasteiger partial charge in [-0.15, -0.1) is 0 Å².